The molecular formula is C28H38N6O6. The number of aryl methyl sites for hydroxylation is 1. The van der Waals surface area contributed by atoms with Gasteiger partial charge in [-0.25, -0.2) is 9.78 Å². The number of rotatable bonds is 9. The second-order valence-corrected chi connectivity index (χ2v) is 10.2. The van der Waals surface area contributed by atoms with Gasteiger partial charge in [-0.2, -0.15) is 0 Å². The smallest absolute Gasteiger partial charge is 0.409 e. The topological polar surface area (TPSA) is 147 Å². The van der Waals surface area contributed by atoms with Gasteiger partial charge < -0.3 is 35.2 Å². The minimum Gasteiger partial charge on any atom is -0.483 e. The van der Waals surface area contributed by atoms with Crippen molar-refractivity contribution in [1.82, 2.24) is 25.0 Å². The van der Waals surface area contributed by atoms with Crippen molar-refractivity contribution in [3.05, 3.63) is 35.5 Å². The largest absolute Gasteiger partial charge is 0.483 e. The van der Waals surface area contributed by atoms with Gasteiger partial charge in [-0.1, -0.05) is 19.4 Å². The summed E-state index contributed by atoms with van der Waals surface area (Å²) in [4.78, 5) is 59.8. The summed E-state index contributed by atoms with van der Waals surface area (Å²) in [6, 6.07) is 7.04. The molecule has 0 radical (unpaired) electrons. The molecule has 12 nitrogen and oxygen atoms in total. The number of hydrogen-bond donors (Lipinski definition) is 2. The summed E-state index contributed by atoms with van der Waals surface area (Å²) in [6.45, 7) is 6.50. The van der Waals surface area contributed by atoms with E-state index in [4.69, 9.17) is 15.2 Å². The molecule has 0 bridgehead atoms. The SMILES string of the molecule is CCCCOC(=O)N1CCN(C(=O)CNC(=O)c2cc(OCC(=O)N3CCC(N)C3)c3ccc(C)cc3n2)CC1. The van der Waals surface area contributed by atoms with Gasteiger partial charge in [-0.15, -0.1) is 0 Å². The van der Waals surface area contributed by atoms with Crippen LogP contribution in [0, 0.1) is 6.92 Å². The lowest BCUT2D eigenvalue weighted by molar-refractivity contribution is -0.132. The van der Waals surface area contributed by atoms with Crippen molar-refractivity contribution >= 4 is 34.7 Å². The van der Waals surface area contributed by atoms with Crippen LogP contribution < -0.4 is 15.8 Å². The molecule has 2 saturated heterocycles. The van der Waals surface area contributed by atoms with Crippen molar-refractivity contribution in [3.8, 4) is 5.75 Å². The molecule has 12 heteroatoms. The highest BCUT2D eigenvalue weighted by atomic mass is 16.6. The van der Waals surface area contributed by atoms with Crippen LogP contribution in [0.2, 0.25) is 0 Å². The van der Waals surface area contributed by atoms with E-state index in [-0.39, 0.29) is 42.8 Å². The molecule has 2 aliphatic rings. The fourth-order valence-electron chi connectivity index (χ4n) is 4.68. The first kappa shape index (κ1) is 29.1. The monoisotopic (exact) mass is 554 g/mol. The average molecular weight is 555 g/mol. The molecule has 0 saturated carbocycles. The van der Waals surface area contributed by atoms with Gasteiger partial charge in [-0.05, 0) is 37.5 Å². The molecule has 216 valence electrons. The molecule has 4 rings (SSSR count). The van der Waals surface area contributed by atoms with Crippen molar-refractivity contribution in [3.63, 3.8) is 0 Å². The molecule has 1 atom stereocenters. The Balaban J connectivity index is 1.34. The Labute approximate surface area is 233 Å². The van der Waals surface area contributed by atoms with Crippen LogP contribution in [-0.4, -0.2) is 109 Å². The number of hydrogen-bond acceptors (Lipinski definition) is 8. The summed E-state index contributed by atoms with van der Waals surface area (Å²) < 4.78 is 11.1. The number of benzene rings is 1. The summed E-state index contributed by atoms with van der Waals surface area (Å²) in [5.74, 6) is -0.595. The second-order valence-electron chi connectivity index (χ2n) is 10.2. The van der Waals surface area contributed by atoms with Crippen LogP contribution in [-0.2, 0) is 14.3 Å². The van der Waals surface area contributed by atoms with Gasteiger partial charge in [0.15, 0.2) is 6.61 Å². The predicted molar refractivity (Wildman–Crippen MR) is 148 cm³/mol. The first-order valence-corrected chi connectivity index (χ1v) is 13.8. The van der Waals surface area contributed by atoms with Crippen molar-refractivity contribution in [2.45, 2.75) is 39.2 Å². The Morgan fingerprint density at radius 2 is 1.77 bits per heavy atom. The Hall–Kier alpha value is -3.93. The Kier molecular flexibility index (Phi) is 9.75. The summed E-state index contributed by atoms with van der Waals surface area (Å²) in [5, 5.41) is 3.32. The normalized spacial score (nSPS) is 17.2. The van der Waals surface area contributed by atoms with Crippen LogP contribution >= 0.6 is 0 Å². The lowest BCUT2D eigenvalue weighted by atomic mass is 10.1. The average Bonchev–Trinajstić information content (AvgIpc) is 3.40. The minimum atomic E-state index is -0.531. The maximum Gasteiger partial charge on any atom is 0.409 e. The molecule has 2 fully saturated rings. The summed E-state index contributed by atoms with van der Waals surface area (Å²) >= 11 is 0. The zero-order valence-corrected chi connectivity index (χ0v) is 23.2. The van der Waals surface area contributed by atoms with E-state index in [2.05, 4.69) is 10.3 Å². The van der Waals surface area contributed by atoms with Crippen LogP contribution in [0.5, 0.6) is 5.75 Å². The number of fused-ring (bicyclic) bond motifs is 1. The maximum atomic E-state index is 13.0. The third-order valence-electron chi connectivity index (χ3n) is 7.10. The van der Waals surface area contributed by atoms with Gasteiger partial charge in [-0.3, -0.25) is 14.4 Å². The predicted octanol–water partition coefficient (Wildman–Crippen LogP) is 1.29. The summed E-state index contributed by atoms with van der Waals surface area (Å²) in [6.07, 6.45) is 2.15. The number of pyridine rings is 1. The van der Waals surface area contributed by atoms with Crippen LogP contribution in [0.1, 0.15) is 42.2 Å². The number of likely N-dealkylation sites (tertiary alicyclic amines) is 1. The standard InChI is InChI=1S/C28H38N6O6/c1-3-4-13-39-28(38)33-11-9-32(10-12-33)25(35)16-30-27(37)23-15-24(21-6-5-19(2)14-22(21)31-23)40-18-26(36)34-8-7-20(29)17-34/h5-6,14-15,20H,3-4,7-13,16-18,29H2,1-2H3,(H,30,37). The number of amides is 4. The zero-order valence-electron chi connectivity index (χ0n) is 23.2. The van der Waals surface area contributed by atoms with Crippen LogP contribution in [0.3, 0.4) is 0 Å². The molecule has 1 unspecified atom stereocenters. The maximum absolute atomic E-state index is 13.0. The lowest BCUT2D eigenvalue weighted by Gasteiger charge is -2.34. The molecular weight excluding hydrogens is 516 g/mol. The van der Waals surface area contributed by atoms with E-state index in [0.29, 0.717) is 62.5 Å². The number of unbranched alkanes of at least 4 members (excludes halogenated alkanes) is 1. The van der Waals surface area contributed by atoms with Gasteiger partial charge in [0, 0.05) is 56.8 Å². The number of nitrogens with zero attached hydrogens (tertiary/aromatic N) is 4. The van der Waals surface area contributed by atoms with Crippen LogP contribution in [0.15, 0.2) is 24.3 Å². The fraction of sp³-hybridized carbons (Fsp3) is 0.536. The molecule has 0 aliphatic carbocycles. The molecule has 2 aliphatic heterocycles. The Bertz CT molecular complexity index is 1250. The number of ether oxygens (including phenoxy) is 2. The quantitative estimate of drug-likeness (QED) is 0.441. The Morgan fingerprint density at radius 1 is 1.02 bits per heavy atom. The zero-order chi connectivity index (χ0) is 28.6. The molecule has 40 heavy (non-hydrogen) atoms. The molecule has 2 aromatic rings. The van der Waals surface area contributed by atoms with E-state index < -0.39 is 5.91 Å². The molecule has 3 heterocycles. The van der Waals surface area contributed by atoms with E-state index >= 15 is 0 Å². The highest BCUT2D eigenvalue weighted by Crippen LogP contribution is 2.27. The highest BCUT2D eigenvalue weighted by Gasteiger charge is 2.26. The number of aromatic nitrogens is 1. The van der Waals surface area contributed by atoms with Gasteiger partial charge in [0.25, 0.3) is 11.8 Å². The third kappa shape index (κ3) is 7.38. The van der Waals surface area contributed by atoms with E-state index in [9.17, 15) is 19.2 Å². The van der Waals surface area contributed by atoms with E-state index in [0.717, 1.165) is 24.8 Å². The number of piperazine rings is 1. The van der Waals surface area contributed by atoms with Crippen molar-refractivity contribution in [2.75, 3.05) is 59.0 Å². The van der Waals surface area contributed by atoms with Crippen LogP contribution in [0.4, 0.5) is 4.79 Å². The highest BCUT2D eigenvalue weighted by molar-refractivity contribution is 5.98. The third-order valence-corrected chi connectivity index (χ3v) is 7.10. The fourth-order valence-corrected chi connectivity index (χ4v) is 4.68. The summed E-state index contributed by atoms with van der Waals surface area (Å²) in [5.41, 5.74) is 7.49. The van der Waals surface area contributed by atoms with Gasteiger partial charge >= 0.3 is 6.09 Å². The van der Waals surface area contributed by atoms with E-state index in [1.54, 1.807) is 14.7 Å². The molecule has 1 aromatic heterocycles. The van der Waals surface area contributed by atoms with E-state index in [1.165, 1.54) is 6.07 Å². The molecule has 0 spiro atoms. The molecule has 3 N–H and O–H groups in total. The number of nitrogens with two attached hydrogens (primary N) is 1. The van der Waals surface area contributed by atoms with Gasteiger partial charge in [0.05, 0.1) is 18.7 Å². The van der Waals surface area contributed by atoms with Crippen LogP contribution in [0.25, 0.3) is 10.9 Å². The Morgan fingerprint density at radius 3 is 2.48 bits per heavy atom. The van der Waals surface area contributed by atoms with Crippen molar-refractivity contribution in [1.29, 1.82) is 0 Å². The number of carbonyl (C=O) groups is 4. The lowest BCUT2D eigenvalue weighted by Crippen LogP contribution is -2.52. The molecule has 1 aromatic carbocycles. The minimum absolute atomic E-state index is 0.0254. The van der Waals surface area contributed by atoms with E-state index in [1.807, 2.05) is 32.0 Å². The van der Waals surface area contributed by atoms with Crippen molar-refractivity contribution < 1.29 is 28.7 Å². The first-order valence-electron chi connectivity index (χ1n) is 13.8. The first-order chi connectivity index (χ1) is 19.2. The molecule has 4 amide bonds. The van der Waals surface area contributed by atoms with Gasteiger partial charge in [0.2, 0.25) is 5.91 Å². The summed E-state index contributed by atoms with van der Waals surface area (Å²) in [7, 11) is 0. The number of nitrogens with one attached hydrogen (secondary N) is 1. The number of carbonyl (C=O) groups excluding carboxylic acids is 4. The second kappa shape index (κ2) is 13.4. The van der Waals surface area contributed by atoms with Gasteiger partial charge in [0.1, 0.15) is 11.4 Å². The van der Waals surface area contributed by atoms with Crippen molar-refractivity contribution in [2.24, 2.45) is 5.73 Å².